The zero-order valence-corrected chi connectivity index (χ0v) is 58.0. The molecule has 0 bridgehead atoms. The summed E-state index contributed by atoms with van der Waals surface area (Å²) in [6.45, 7) is 18.9. The second-order valence-electron chi connectivity index (χ2n) is 29.7. The predicted molar refractivity (Wildman–Crippen MR) is 421 cm³/mol. The van der Waals surface area contributed by atoms with E-state index in [4.69, 9.17) is 0 Å². The molecule has 100 heavy (non-hydrogen) atoms. The van der Waals surface area contributed by atoms with Gasteiger partial charge in [-0.3, -0.25) is 0 Å². The zero-order chi connectivity index (χ0) is 67.8. The summed E-state index contributed by atoms with van der Waals surface area (Å²) in [6, 6.07) is 122. The van der Waals surface area contributed by atoms with Crippen molar-refractivity contribution in [3.8, 4) is 55.6 Å². The maximum atomic E-state index is 2.43. The molecule has 0 saturated carbocycles. The lowest BCUT2D eigenvalue weighted by Gasteiger charge is -2.30. The Hall–Kier alpha value is -11.7. The van der Waals surface area contributed by atoms with Gasteiger partial charge in [0, 0.05) is 89.9 Å². The Labute approximate surface area is 589 Å². The van der Waals surface area contributed by atoms with Crippen molar-refractivity contribution in [3.05, 3.63) is 372 Å². The van der Waals surface area contributed by atoms with Crippen molar-refractivity contribution in [2.45, 2.75) is 77.0 Å². The smallest absolute Gasteiger partial charge is 0.0465 e. The summed E-state index contributed by atoms with van der Waals surface area (Å²) in [5, 5.41) is 0. The van der Waals surface area contributed by atoms with Crippen LogP contribution in [0.1, 0.15) is 99.9 Å². The van der Waals surface area contributed by atoms with Gasteiger partial charge in [0.1, 0.15) is 0 Å². The lowest BCUT2D eigenvalue weighted by Crippen LogP contribution is -2.17. The lowest BCUT2D eigenvalue weighted by atomic mass is 9.82. The minimum atomic E-state index is -0.171. The summed E-state index contributed by atoms with van der Waals surface area (Å²) < 4.78 is 0. The molecule has 0 spiro atoms. The topological polar surface area (TPSA) is 13.0 Å². The van der Waals surface area contributed by atoms with Gasteiger partial charge in [0.2, 0.25) is 0 Å². The highest BCUT2D eigenvalue weighted by molar-refractivity contribution is 5.92. The zero-order valence-electron chi connectivity index (χ0n) is 58.0. The lowest BCUT2D eigenvalue weighted by molar-refractivity contribution is 0.660. The Balaban J connectivity index is 0.703. The second-order valence-corrected chi connectivity index (χ2v) is 29.7. The minimum absolute atomic E-state index is 0.131. The van der Waals surface area contributed by atoms with Crippen LogP contribution in [0.3, 0.4) is 0 Å². The third kappa shape index (κ3) is 9.55. The first-order chi connectivity index (χ1) is 48.6. The van der Waals surface area contributed by atoms with E-state index in [2.05, 4.69) is 403 Å². The molecule has 0 unspecified atom stereocenters. The molecule has 0 aromatic heterocycles. The summed E-state index contributed by atoms with van der Waals surface area (Å²) in [5.41, 5.74) is 36.2. The summed E-state index contributed by atoms with van der Waals surface area (Å²) in [5.74, 6) is 0. The Morgan fingerprint density at radius 1 is 0.150 bits per heavy atom. The van der Waals surface area contributed by atoms with Crippen molar-refractivity contribution in [1.29, 1.82) is 0 Å². The molecule has 0 atom stereocenters. The predicted octanol–water partition coefficient (Wildman–Crippen LogP) is 26.5. The third-order valence-corrected chi connectivity index (χ3v) is 22.6. The average Bonchev–Trinajstić information content (AvgIpc) is 1.59. The maximum Gasteiger partial charge on any atom is 0.0465 e. The normalized spacial score (nSPS) is 14.5. The van der Waals surface area contributed by atoms with Crippen LogP contribution in [0.5, 0.6) is 0 Å². The van der Waals surface area contributed by atoms with Gasteiger partial charge in [-0.1, -0.05) is 237 Å². The largest absolute Gasteiger partial charge is 0.310 e. The molecule has 0 N–H and O–H groups in total. The van der Waals surface area contributed by atoms with E-state index in [0.29, 0.717) is 0 Å². The molecule has 482 valence electrons. The molecular formula is C96H78N4. The van der Waals surface area contributed by atoms with E-state index in [0.717, 1.165) is 79.4 Å². The van der Waals surface area contributed by atoms with E-state index < -0.39 is 0 Å². The molecule has 14 aromatic carbocycles. The number of rotatable bonds is 13. The van der Waals surface area contributed by atoms with Gasteiger partial charge in [-0.2, -0.15) is 0 Å². The minimum Gasteiger partial charge on any atom is -0.310 e. The van der Waals surface area contributed by atoms with Gasteiger partial charge in [-0.15, -0.1) is 0 Å². The molecular weight excluding hydrogens is 1210 g/mol. The average molecular weight is 1290 g/mol. The highest BCUT2D eigenvalue weighted by atomic mass is 15.2. The Kier molecular flexibility index (Phi) is 13.9. The van der Waals surface area contributed by atoms with Gasteiger partial charge in [-0.25, -0.2) is 0 Å². The van der Waals surface area contributed by atoms with Gasteiger partial charge in [0.05, 0.1) is 0 Å². The van der Waals surface area contributed by atoms with Crippen LogP contribution in [0.4, 0.5) is 68.2 Å². The van der Waals surface area contributed by atoms with Crippen LogP contribution in [0, 0.1) is 0 Å². The number of hydrogen-bond donors (Lipinski definition) is 0. The Morgan fingerprint density at radius 2 is 0.320 bits per heavy atom. The highest BCUT2D eigenvalue weighted by Crippen LogP contribution is 2.56. The fourth-order valence-corrected chi connectivity index (χ4v) is 17.4. The van der Waals surface area contributed by atoms with E-state index in [1.165, 1.54) is 89.0 Å². The van der Waals surface area contributed by atoms with E-state index in [9.17, 15) is 0 Å². The van der Waals surface area contributed by atoms with Crippen LogP contribution in [0.2, 0.25) is 0 Å². The third-order valence-electron chi connectivity index (χ3n) is 22.6. The molecule has 0 amide bonds. The van der Waals surface area contributed by atoms with Gasteiger partial charge in [0.15, 0.2) is 0 Å². The number of para-hydroxylation sites is 2. The number of nitrogens with zero attached hydrogens (tertiary/aromatic N) is 4. The van der Waals surface area contributed by atoms with Crippen molar-refractivity contribution in [1.82, 2.24) is 0 Å². The van der Waals surface area contributed by atoms with Crippen molar-refractivity contribution in [2.24, 2.45) is 0 Å². The molecule has 0 fully saturated rings. The van der Waals surface area contributed by atoms with Crippen molar-refractivity contribution >= 4 is 68.2 Å². The SMILES string of the molecule is CC1(C)c2ccccc2-c2ccc(N(c3ccccc3)c3ccc(N(c4ccc(-c5ccc(N(c6ccc(N(c7ccccc7)c7ccc8c(c7)C(C)(C)c7ccccc7-8)cc6)c6ccc7c(c6)C(C)(C)c6ccccc6-7)cc5)cc4)c4ccc5c(c4)C(C)(C)c4ccccc4-5)cc3)cc21. The van der Waals surface area contributed by atoms with Gasteiger partial charge in [-0.05, 0) is 246 Å². The first-order valence-electron chi connectivity index (χ1n) is 35.3. The molecule has 4 aliphatic carbocycles. The first-order valence-corrected chi connectivity index (χ1v) is 35.3. The molecule has 0 heterocycles. The quantitative estimate of drug-likeness (QED) is 0.114. The maximum absolute atomic E-state index is 2.43. The van der Waals surface area contributed by atoms with Crippen molar-refractivity contribution in [3.63, 3.8) is 0 Å². The Morgan fingerprint density at radius 3 is 0.550 bits per heavy atom. The molecule has 4 heteroatoms. The monoisotopic (exact) mass is 1290 g/mol. The van der Waals surface area contributed by atoms with Crippen LogP contribution in [0.15, 0.2) is 328 Å². The highest BCUT2D eigenvalue weighted by Gasteiger charge is 2.40. The van der Waals surface area contributed by atoms with E-state index >= 15 is 0 Å². The number of benzene rings is 14. The molecule has 14 aromatic rings. The number of hydrogen-bond acceptors (Lipinski definition) is 4. The van der Waals surface area contributed by atoms with Gasteiger partial charge < -0.3 is 19.6 Å². The molecule has 0 saturated heterocycles. The summed E-state index contributed by atoms with van der Waals surface area (Å²) in [6.07, 6.45) is 0. The van der Waals surface area contributed by atoms with Crippen molar-refractivity contribution < 1.29 is 0 Å². The summed E-state index contributed by atoms with van der Waals surface area (Å²) >= 11 is 0. The summed E-state index contributed by atoms with van der Waals surface area (Å²) in [4.78, 5) is 9.67. The van der Waals surface area contributed by atoms with E-state index in [1.807, 2.05) is 0 Å². The van der Waals surface area contributed by atoms with Crippen LogP contribution >= 0.6 is 0 Å². The van der Waals surface area contributed by atoms with Gasteiger partial charge in [0.25, 0.3) is 0 Å². The second kappa shape index (κ2) is 22.9. The van der Waals surface area contributed by atoms with Gasteiger partial charge >= 0.3 is 0 Å². The van der Waals surface area contributed by atoms with Crippen LogP contribution in [-0.4, -0.2) is 0 Å². The standard InChI is InChI=1S/C96H78N4/c1-93(2)85-31-19-15-27-77(85)81-55-51-73(59-89(81)93)97(65-23-11-9-12-24-65)69-43-47-71(48-44-69)99(75-53-57-83-79-29-17-21-33-87(79)95(5,6)91(83)61-75)67-39-35-63(36-40-67)64-37-41-68(42-38-64)100(76-54-58-84-80-30-18-22-34-88(80)96(7,8)92(84)62-76)72-49-45-70(46-50-72)98(66-25-13-10-14-26-66)74-52-56-82-78-28-16-20-32-86(78)94(3,4)90(82)60-74/h9-62H,1-8H3. The fraction of sp³-hybridized carbons (Fsp3) is 0.125. The van der Waals surface area contributed by atoms with Crippen molar-refractivity contribution in [2.75, 3.05) is 19.6 Å². The molecule has 0 aliphatic heterocycles. The number of fused-ring (bicyclic) bond motifs is 12. The number of anilines is 12. The molecule has 18 rings (SSSR count). The van der Waals surface area contributed by atoms with Crippen LogP contribution in [0.25, 0.3) is 55.6 Å². The van der Waals surface area contributed by atoms with Crippen LogP contribution in [-0.2, 0) is 21.7 Å². The summed E-state index contributed by atoms with van der Waals surface area (Å²) in [7, 11) is 0. The molecule has 0 radical (unpaired) electrons. The molecule has 4 aliphatic rings. The van der Waals surface area contributed by atoms with Crippen LogP contribution < -0.4 is 19.6 Å². The Bertz CT molecular complexity index is 5180. The first kappa shape index (κ1) is 60.7. The fourth-order valence-electron chi connectivity index (χ4n) is 17.4. The van der Waals surface area contributed by atoms with E-state index in [1.54, 1.807) is 0 Å². The van der Waals surface area contributed by atoms with E-state index in [-0.39, 0.29) is 21.7 Å². The molecule has 4 nitrogen and oxygen atoms in total.